The number of rotatable bonds is 5. The molecule has 7 nitrogen and oxygen atoms in total. The molecular weight excluding hydrogens is 457 g/mol. The number of carbonyl (C=O) groups is 2. The number of aromatic nitrogens is 2. The molecule has 0 aromatic carbocycles. The van der Waals surface area contributed by atoms with Gasteiger partial charge in [0.2, 0.25) is 5.01 Å². The summed E-state index contributed by atoms with van der Waals surface area (Å²) in [5, 5.41) is 2.75. The van der Waals surface area contributed by atoms with Gasteiger partial charge in [0.15, 0.2) is 0 Å². The van der Waals surface area contributed by atoms with E-state index >= 15 is 0 Å². The highest BCUT2D eigenvalue weighted by Gasteiger charge is 2.38. The van der Waals surface area contributed by atoms with E-state index in [1.165, 1.54) is 0 Å². The van der Waals surface area contributed by atoms with Gasteiger partial charge in [-0.3, -0.25) is 4.79 Å². The minimum atomic E-state index is -4.72. The van der Waals surface area contributed by atoms with Crippen LogP contribution >= 0.6 is 11.3 Å². The van der Waals surface area contributed by atoms with Gasteiger partial charge in [-0.1, -0.05) is 0 Å². The molecule has 1 unspecified atom stereocenters. The van der Waals surface area contributed by atoms with Crippen molar-refractivity contribution in [3.63, 3.8) is 0 Å². The Kier molecular flexibility index (Phi) is 7.01. The van der Waals surface area contributed by atoms with E-state index in [2.05, 4.69) is 15.3 Å². The number of nitrogens with one attached hydrogen (secondary N) is 1. The van der Waals surface area contributed by atoms with Crippen LogP contribution < -0.4 is 5.32 Å². The van der Waals surface area contributed by atoms with E-state index in [9.17, 15) is 22.8 Å². The Balaban J connectivity index is 2.17. The van der Waals surface area contributed by atoms with Gasteiger partial charge in [0.25, 0.3) is 5.91 Å². The van der Waals surface area contributed by atoms with Crippen molar-refractivity contribution in [2.24, 2.45) is 0 Å². The summed E-state index contributed by atoms with van der Waals surface area (Å²) in [7, 11) is 0. The summed E-state index contributed by atoms with van der Waals surface area (Å²) in [6.07, 6.45) is -2.07. The van der Waals surface area contributed by atoms with E-state index in [1.54, 1.807) is 32.6 Å². The maximum absolute atomic E-state index is 14.1. The number of ether oxygens (including phenoxy) is 1. The van der Waals surface area contributed by atoms with E-state index in [0.29, 0.717) is 17.9 Å². The second-order valence-corrected chi connectivity index (χ2v) is 9.89. The van der Waals surface area contributed by atoms with Crippen molar-refractivity contribution >= 4 is 29.0 Å². The van der Waals surface area contributed by atoms with Gasteiger partial charge in [-0.25, -0.2) is 14.8 Å². The predicted octanol–water partition coefficient (Wildman–Crippen LogP) is 5.24. The second-order valence-electron chi connectivity index (χ2n) is 8.89. The number of anilines is 1. The van der Waals surface area contributed by atoms with Crippen LogP contribution in [0.1, 0.15) is 73.3 Å². The van der Waals surface area contributed by atoms with Crippen LogP contribution in [0.3, 0.4) is 0 Å². The number of hydrogen-bond acceptors (Lipinski definition) is 7. The summed E-state index contributed by atoms with van der Waals surface area (Å²) < 4.78 is 47.2. The summed E-state index contributed by atoms with van der Waals surface area (Å²) in [4.78, 5) is 35.4. The van der Waals surface area contributed by atoms with Crippen molar-refractivity contribution in [3.05, 3.63) is 28.5 Å². The Labute approximate surface area is 194 Å². The van der Waals surface area contributed by atoms with Gasteiger partial charge in [-0.15, -0.1) is 11.3 Å². The molecule has 1 saturated heterocycles. The van der Waals surface area contributed by atoms with E-state index in [1.807, 2.05) is 6.92 Å². The topological polar surface area (TPSA) is 84.4 Å². The fraction of sp³-hybridized carbons (Fsp3) is 0.545. The molecule has 0 aliphatic carbocycles. The first-order chi connectivity index (χ1) is 15.3. The SMILES string of the molecule is CCOC(=O)c1nc(C(=O)N2CCCC2C)c(-c2cnc(NC(C)(C)C)cc2C(F)(F)F)s1. The number of carbonyl (C=O) groups excluding carboxylic acids is 2. The fourth-order valence-corrected chi connectivity index (χ4v) is 4.60. The van der Waals surface area contributed by atoms with E-state index in [0.717, 1.165) is 25.1 Å². The summed E-state index contributed by atoms with van der Waals surface area (Å²) >= 11 is 0.705. The van der Waals surface area contributed by atoms with Crippen molar-refractivity contribution in [2.45, 2.75) is 65.2 Å². The molecule has 0 radical (unpaired) electrons. The van der Waals surface area contributed by atoms with Gasteiger partial charge in [-0.05, 0) is 53.5 Å². The number of thiazole rings is 1. The molecule has 180 valence electrons. The third-order valence-corrected chi connectivity index (χ3v) is 6.12. The number of alkyl halides is 3. The van der Waals surface area contributed by atoms with Crippen LogP contribution in [-0.4, -0.2) is 51.5 Å². The summed E-state index contributed by atoms with van der Waals surface area (Å²) in [5.41, 5.74) is -1.97. The minimum absolute atomic E-state index is 0.0507. The third-order valence-electron chi connectivity index (χ3n) is 5.05. The molecule has 1 N–H and O–H groups in total. The molecule has 3 rings (SSSR count). The van der Waals surface area contributed by atoms with E-state index in [-0.39, 0.29) is 39.6 Å². The Morgan fingerprint density at radius 1 is 1.30 bits per heavy atom. The van der Waals surface area contributed by atoms with Gasteiger partial charge in [-0.2, -0.15) is 13.2 Å². The Morgan fingerprint density at radius 2 is 2.00 bits per heavy atom. The molecule has 1 atom stereocenters. The highest BCUT2D eigenvalue weighted by atomic mass is 32.1. The monoisotopic (exact) mass is 484 g/mol. The van der Waals surface area contributed by atoms with Crippen LogP contribution in [0.25, 0.3) is 10.4 Å². The summed E-state index contributed by atoms with van der Waals surface area (Å²) in [6.45, 7) is 9.44. The van der Waals surface area contributed by atoms with Gasteiger partial charge in [0.1, 0.15) is 11.5 Å². The normalized spacial score (nSPS) is 16.7. The first kappa shape index (κ1) is 24.9. The van der Waals surface area contributed by atoms with E-state index < -0.39 is 29.2 Å². The van der Waals surface area contributed by atoms with Crippen LogP contribution in [0.2, 0.25) is 0 Å². The number of halogens is 3. The third kappa shape index (κ3) is 5.63. The Bertz CT molecular complexity index is 1050. The molecule has 2 aromatic heterocycles. The standard InChI is InChI=1S/C22H27F3N4O3S/c1-6-32-20(31)18-27-16(19(30)29-9-7-8-12(29)2)17(33-18)13-11-26-15(28-21(3,4)5)10-14(13)22(23,24)25/h10-12H,6-9H2,1-5H3,(H,26,28). The van der Waals surface area contributed by atoms with Crippen molar-refractivity contribution in [2.75, 3.05) is 18.5 Å². The fourth-order valence-electron chi connectivity index (χ4n) is 3.62. The molecule has 11 heteroatoms. The lowest BCUT2D eigenvalue weighted by molar-refractivity contribution is -0.137. The predicted molar refractivity (Wildman–Crippen MR) is 119 cm³/mol. The number of amides is 1. The molecule has 2 aromatic rings. The first-order valence-corrected chi connectivity index (χ1v) is 11.5. The molecule has 1 aliphatic rings. The van der Waals surface area contributed by atoms with Crippen LogP contribution in [0, 0.1) is 0 Å². The zero-order valence-corrected chi connectivity index (χ0v) is 20.0. The second kappa shape index (κ2) is 9.28. The molecule has 1 amide bonds. The van der Waals surface area contributed by atoms with Crippen LogP contribution in [0.5, 0.6) is 0 Å². The molecule has 1 fully saturated rings. The van der Waals surface area contributed by atoms with Crippen LogP contribution in [0.4, 0.5) is 19.0 Å². The van der Waals surface area contributed by atoms with Crippen molar-refractivity contribution in [1.82, 2.24) is 14.9 Å². The zero-order valence-electron chi connectivity index (χ0n) is 19.2. The molecule has 0 saturated carbocycles. The zero-order chi connectivity index (χ0) is 24.6. The highest BCUT2D eigenvalue weighted by molar-refractivity contribution is 7.17. The lowest BCUT2D eigenvalue weighted by atomic mass is 10.1. The molecule has 33 heavy (non-hydrogen) atoms. The molecular formula is C22H27F3N4O3S. The van der Waals surface area contributed by atoms with Crippen molar-refractivity contribution in [1.29, 1.82) is 0 Å². The van der Waals surface area contributed by atoms with Gasteiger partial charge in [0.05, 0.1) is 17.0 Å². The number of nitrogens with zero attached hydrogens (tertiary/aromatic N) is 3. The highest BCUT2D eigenvalue weighted by Crippen LogP contribution is 2.42. The molecule has 1 aliphatic heterocycles. The van der Waals surface area contributed by atoms with Gasteiger partial charge < -0.3 is 15.0 Å². The van der Waals surface area contributed by atoms with Crippen molar-refractivity contribution in [3.8, 4) is 10.4 Å². The van der Waals surface area contributed by atoms with Gasteiger partial charge >= 0.3 is 12.1 Å². The first-order valence-electron chi connectivity index (χ1n) is 10.7. The van der Waals surface area contributed by atoms with E-state index in [4.69, 9.17) is 4.74 Å². The maximum atomic E-state index is 14.1. The molecule has 0 bridgehead atoms. The van der Waals surface area contributed by atoms with Crippen molar-refractivity contribution < 1.29 is 27.5 Å². The number of pyridine rings is 1. The lowest BCUT2D eigenvalue weighted by Gasteiger charge is -2.23. The average Bonchev–Trinajstić information content (AvgIpc) is 3.32. The number of likely N-dealkylation sites (tertiary alicyclic amines) is 1. The molecule has 0 spiro atoms. The van der Waals surface area contributed by atoms with Crippen LogP contribution in [-0.2, 0) is 10.9 Å². The Hall–Kier alpha value is -2.69. The number of esters is 1. The lowest BCUT2D eigenvalue weighted by Crippen LogP contribution is -2.34. The minimum Gasteiger partial charge on any atom is -0.461 e. The molecule has 3 heterocycles. The van der Waals surface area contributed by atoms with Crippen LogP contribution in [0.15, 0.2) is 12.3 Å². The number of hydrogen-bond donors (Lipinski definition) is 1. The summed E-state index contributed by atoms with van der Waals surface area (Å²) in [6, 6.07) is 0.841. The maximum Gasteiger partial charge on any atom is 0.417 e. The Morgan fingerprint density at radius 3 is 2.55 bits per heavy atom. The average molecular weight is 485 g/mol. The smallest absolute Gasteiger partial charge is 0.417 e. The van der Waals surface area contributed by atoms with Gasteiger partial charge in [0, 0.05) is 29.9 Å². The largest absolute Gasteiger partial charge is 0.461 e. The summed E-state index contributed by atoms with van der Waals surface area (Å²) in [5.74, 6) is -1.24. The quantitative estimate of drug-likeness (QED) is 0.585.